The van der Waals surface area contributed by atoms with E-state index in [0.29, 0.717) is 6.54 Å². The van der Waals surface area contributed by atoms with Gasteiger partial charge in [0.15, 0.2) is 0 Å². The highest BCUT2D eigenvalue weighted by Crippen LogP contribution is 2.38. The van der Waals surface area contributed by atoms with E-state index in [4.69, 9.17) is 9.26 Å². The van der Waals surface area contributed by atoms with Crippen molar-refractivity contribution in [2.75, 3.05) is 7.11 Å². The van der Waals surface area contributed by atoms with Gasteiger partial charge in [0.2, 0.25) is 0 Å². The highest BCUT2D eigenvalue weighted by Gasteiger charge is 2.24. The Balaban J connectivity index is 2.04. The third kappa shape index (κ3) is 2.31. The van der Waals surface area contributed by atoms with Crippen LogP contribution in [-0.2, 0) is 6.54 Å². The molecule has 4 rings (SSSR count). The summed E-state index contributed by atoms with van der Waals surface area (Å²) < 4.78 is 10.6. The molecule has 1 amide bonds. The molecule has 0 bridgehead atoms. The van der Waals surface area contributed by atoms with Crippen LogP contribution in [0.25, 0.3) is 21.9 Å². The zero-order chi connectivity index (χ0) is 16.7. The van der Waals surface area contributed by atoms with Crippen LogP contribution in [0.3, 0.4) is 0 Å². The van der Waals surface area contributed by atoms with Crippen LogP contribution in [0.15, 0.2) is 48.5 Å². The minimum absolute atomic E-state index is 0.0203. The quantitative estimate of drug-likeness (QED) is 0.737. The molecule has 0 saturated carbocycles. The lowest BCUT2D eigenvalue weighted by Gasteiger charge is -2.14. The van der Waals surface area contributed by atoms with Gasteiger partial charge in [0.1, 0.15) is 11.5 Å². The summed E-state index contributed by atoms with van der Waals surface area (Å²) >= 11 is 0. The van der Waals surface area contributed by atoms with Gasteiger partial charge in [-0.25, -0.2) is 0 Å². The van der Waals surface area contributed by atoms with E-state index in [1.54, 1.807) is 7.11 Å². The van der Waals surface area contributed by atoms with E-state index in [1.165, 1.54) is 0 Å². The summed E-state index contributed by atoms with van der Waals surface area (Å²) in [4.78, 5) is 12.2. The number of hydrogen-bond donors (Lipinski definition) is 1. The lowest BCUT2D eigenvalue weighted by Crippen LogP contribution is -2.12. The van der Waals surface area contributed by atoms with Gasteiger partial charge in [-0.2, -0.15) is 0 Å². The Bertz CT molecular complexity index is 951. The molecule has 24 heavy (non-hydrogen) atoms. The molecule has 3 aromatic carbocycles. The Morgan fingerprint density at radius 1 is 1.04 bits per heavy atom. The van der Waals surface area contributed by atoms with Crippen LogP contribution in [0.2, 0.25) is 0 Å². The van der Waals surface area contributed by atoms with Gasteiger partial charge in [-0.1, -0.05) is 18.2 Å². The average molecular weight is 337 g/mol. The first kappa shape index (κ1) is 15.0. The van der Waals surface area contributed by atoms with Gasteiger partial charge >= 0.3 is 0 Å². The Morgan fingerprint density at radius 3 is 2.50 bits per heavy atom. The third-order valence-electron chi connectivity index (χ3n) is 4.41. The van der Waals surface area contributed by atoms with Crippen molar-refractivity contribution in [3.63, 3.8) is 0 Å². The lowest BCUT2D eigenvalue weighted by atomic mass is 9.90. The molecule has 5 heteroatoms. The van der Waals surface area contributed by atoms with Crippen LogP contribution in [-0.4, -0.2) is 13.0 Å². The SMILES string of the molecule is COc1ccc(-c2c3c(cc4ccc(OP)cc24)C(=O)NC3)cc1. The molecule has 120 valence electrons. The Kier molecular flexibility index (Phi) is 3.62. The third-order valence-corrected chi connectivity index (χ3v) is 4.68. The van der Waals surface area contributed by atoms with Crippen LogP contribution in [0.1, 0.15) is 15.9 Å². The average Bonchev–Trinajstić information content (AvgIpc) is 3.00. The fourth-order valence-corrected chi connectivity index (χ4v) is 3.38. The number of carbonyl (C=O) groups excluding carboxylic acids is 1. The summed E-state index contributed by atoms with van der Waals surface area (Å²) in [6.45, 7) is 0.539. The summed E-state index contributed by atoms with van der Waals surface area (Å²) in [6, 6.07) is 15.7. The zero-order valence-corrected chi connectivity index (χ0v) is 14.3. The Hall–Kier alpha value is -2.58. The highest BCUT2D eigenvalue weighted by atomic mass is 31.0. The molecule has 1 N–H and O–H groups in total. The van der Waals surface area contributed by atoms with Gasteiger partial charge in [0.25, 0.3) is 5.91 Å². The number of hydrogen-bond acceptors (Lipinski definition) is 3. The minimum atomic E-state index is -0.0203. The second kappa shape index (κ2) is 5.81. The van der Waals surface area contributed by atoms with Gasteiger partial charge in [0.05, 0.1) is 16.6 Å². The Morgan fingerprint density at radius 2 is 1.79 bits per heavy atom. The summed E-state index contributed by atoms with van der Waals surface area (Å²) in [6.07, 6.45) is 0. The van der Waals surface area contributed by atoms with E-state index in [2.05, 4.69) is 14.8 Å². The van der Waals surface area contributed by atoms with Crippen molar-refractivity contribution in [1.29, 1.82) is 0 Å². The number of rotatable bonds is 3. The first-order valence-corrected chi connectivity index (χ1v) is 8.07. The number of benzene rings is 3. The van der Waals surface area contributed by atoms with Crippen molar-refractivity contribution >= 4 is 26.1 Å². The molecule has 0 aromatic heterocycles. The molecule has 0 spiro atoms. The van der Waals surface area contributed by atoms with Crippen LogP contribution >= 0.6 is 9.47 Å². The van der Waals surface area contributed by atoms with E-state index < -0.39 is 0 Å². The van der Waals surface area contributed by atoms with Crippen LogP contribution in [0.5, 0.6) is 11.5 Å². The molecule has 1 heterocycles. The first-order valence-electron chi connectivity index (χ1n) is 7.60. The maximum absolute atomic E-state index is 12.2. The summed E-state index contributed by atoms with van der Waals surface area (Å²) in [5.74, 6) is 1.55. The molecule has 1 aliphatic rings. The lowest BCUT2D eigenvalue weighted by molar-refractivity contribution is 0.0966. The fourth-order valence-electron chi connectivity index (χ4n) is 3.23. The molecule has 0 aliphatic carbocycles. The van der Waals surface area contributed by atoms with Gasteiger partial charge in [-0.05, 0) is 57.8 Å². The number of methoxy groups -OCH3 is 1. The van der Waals surface area contributed by atoms with Gasteiger partial charge in [-0.15, -0.1) is 0 Å². The van der Waals surface area contributed by atoms with Crippen LogP contribution < -0.4 is 14.6 Å². The number of fused-ring (bicyclic) bond motifs is 2. The summed E-state index contributed by atoms with van der Waals surface area (Å²) in [7, 11) is 3.92. The van der Waals surface area contributed by atoms with E-state index in [0.717, 1.165) is 44.5 Å². The van der Waals surface area contributed by atoms with E-state index in [-0.39, 0.29) is 5.91 Å². The van der Waals surface area contributed by atoms with Crippen molar-refractivity contribution in [2.45, 2.75) is 6.54 Å². The highest BCUT2D eigenvalue weighted by molar-refractivity contribution is 7.10. The molecule has 3 aromatic rings. The number of ether oxygens (including phenoxy) is 1. The molecule has 0 saturated heterocycles. The number of carbonyl (C=O) groups is 1. The fraction of sp³-hybridized carbons (Fsp3) is 0.105. The minimum Gasteiger partial charge on any atom is -0.497 e. The maximum Gasteiger partial charge on any atom is 0.251 e. The van der Waals surface area contributed by atoms with Crippen LogP contribution in [0.4, 0.5) is 0 Å². The van der Waals surface area contributed by atoms with Crippen molar-refractivity contribution in [3.05, 3.63) is 59.7 Å². The smallest absolute Gasteiger partial charge is 0.251 e. The van der Waals surface area contributed by atoms with Crippen molar-refractivity contribution in [1.82, 2.24) is 5.32 Å². The molecular weight excluding hydrogens is 321 g/mol. The number of amides is 1. The molecule has 1 unspecified atom stereocenters. The summed E-state index contributed by atoms with van der Waals surface area (Å²) in [5.41, 5.74) is 3.88. The maximum atomic E-state index is 12.2. The monoisotopic (exact) mass is 337 g/mol. The van der Waals surface area contributed by atoms with Gasteiger partial charge in [-0.3, -0.25) is 4.79 Å². The topological polar surface area (TPSA) is 47.6 Å². The van der Waals surface area contributed by atoms with E-state index in [1.807, 2.05) is 48.5 Å². The normalized spacial score (nSPS) is 12.8. The van der Waals surface area contributed by atoms with Crippen molar-refractivity contribution in [3.8, 4) is 22.6 Å². The molecule has 1 atom stereocenters. The molecule has 4 nitrogen and oxygen atoms in total. The number of nitrogens with one attached hydrogen (secondary N) is 1. The van der Waals surface area contributed by atoms with E-state index in [9.17, 15) is 4.79 Å². The predicted octanol–water partition coefficient (Wildman–Crippen LogP) is 3.93. The van der Waals surface area contributed by atoms with Gasteiger partial charge in [0, 0.05) is 12.1 Å². The second-order valence-corrected chi connectivity index (χ2v) is 5.93. The second-order valence-electron chi connectivity index (χ2n) is 5.69. The Labute approximate surface area is 142 Å². The van der Waals surface area contributed by atoms with Crippen LogP contribution in [0, 0.1) is 0 Å². The van der Waals surface area contributed by atoms with E-state index >= 15 is 0 Å². The first-order chi connectivity index (χ1) is 11.7. The molecule has 1 aliphatic heterocycles. The van der Waals surface area contributed by atoms with Gasteiger partial charge < -0.3 is 14.6 Å². The molecule has 0 fully saturated rings. The van der Waals surface area contributed by atoms with Crippen molar-refractivity contribution in [2.24, 2.45) is 0 Å². The zero-order valence-electron chi connectivity index (χ0n) is 13.1. The standard InChI is InChI=1S/C19H16NO3P/c1-22-13-5-2-11(3-6-13)18-15-9-14(23-24)7-4-12(15)8-16-17(18)10-20-19(16)21/h2-9H,10,24H2,1H3,(H,20,21). The predicted molar refractivity (Wildman–Crippen MR) is 97.4 cm³/mol. The molecule has 0 radical (unpaired) electrons. The largest absolute Gasteiger partial charge is 0.497 e. The van der Waals surface area contributed by atoms with Crippen molar-refractivity contribution < 1.29 is 14.1 Å². The summed E-state index contributed by atoms with van der Waals surface area (Å²) in [5, 5.41) is 5.00. The molecular formula is C19H16NO3P.